The van der Waals surface area contributed by atoms with Gasteiger partial charge in [-0.15, -0.1) is 0 Å². The van der Waals surface area contributed by atoms with E-state index in [1.54, 1.807) is 12.7 Å². The van der Waals surface area contributed by atoms with Gasteiger partial charge in [-0.3, -0.25) is 0 Å². The number of aryl methyl sites for hydroxylation is 1. The largest absolute Gasteiger partial charge is 0.369 e. The molecule has 1 aromatic carbocycles. The molecule has 0 unspecified atom stereocenters. The summed E-state index contributed by atoms with van der Waals surface area (Å²) in [5.41, 5.74) is 2.11. The van der Waals surface area contributed by atoms with E-state index in [4.69, 9.17) is 0 Å². The van der Waals surface area contributed by atoms with Gasteiger partial charge in [-0.2, -0.15) is 0 Å². The normalized spacial score (nSPS) is 11.2. The third-order valence-corrected chi connectivity index (χ3v) is 2.18. The average molecular weight is 214 g/mol. The summed E-state index contributed by atoms with van der Waals surface area (Å²) in [6, 6.07) is 6.08. The summed E-state index contributed by atoms with van der Waals surface area (Å²) in [5.74, 6) is 0.711. The molecule has 1 aromatic heterocycles. The van der Waals surface area contributed by atoms with Crippen LogP contribution in [0.1, 0.15) is 5.56 Å². The molecule has 82 valence electrons. The maximum Gasteiger partial charge on any atom is 0.164 e. The molecule has 2 aromatic rings. The quantitative estimate of drug-likeness (QED) is 0.568. The van der Waals surface area contributed by atoms with Crippen molar-refractivity contribution in [1.29, 1.82) is 0 Å². The van der Waals surface area contributed by atoms with Gasteiger partial charge in [0.2, 0.25) is 0 Å². The van der Waals surface area contributed by atoms with Crippen LogP contribution in [-0.2, 0) is 0 Å². The minimum atomic E-state index is 0.711. The van der Waals surface area contributed by atoms with E-state index in [2.05, 4.69) is 21.0 Å². The molecule has 0 amide bonds. The highest BCUT2D eigenvalue weighted by atomic mass is 15.1. The summed E-state index contributed by atoms with van der Waals surface area (Å²) >= 11 is 0. The number of aromatic nitrogens is 2. The highest BCUT2D eigenvalue weighted by Gasteiger charge is 2.01. The lowest BCUT2D eigenvalue weighted by Gasteiger charge is -2.04. The zero-order valence-corrected chi connectivity index (χ0v) is 9.68. The summed E-state index contributed by atoms with van der Waals surface area (Å²) in [4.78, 5) is 14.6. The summed E-state index contributed by atoms with van der Waals surface area (Å²) < 4.78 is 0. The van der Waals surface area contributed by atoms with Crippen molar-refractivity contribution in [3.63, 3.8) is 0 Å². The molecule has 2 rings (SSSR count). The Morgan fingerprint density at radius 1 is 1.25 bits per heavy atom. The standard InChI is InChI=1S/C12H14N4/c1-9-4-5-11-10(6-9)12(14-7-13-11)15-8-16(2)3/h4-8H,1-3H3. The van der Waals surface area contributed by atoms with Crippen molar-refractivity contribution in [1.82, 2.24) is 14.9 Å². The first-order valence-corrected chi connectivity index (χ1v) is 5.09. The molecule has 16 heavy (non-hydrogen) atoms. The molecule has 1 heterocycles. The van der Waals surface area contributed by atoms with Gasteiger partial charge >= 0.3 is 0 Å². The van der Waals surface area contributed by atoms with Crippen LogP contribution < -0.4 is 0 Å². The van der Waals surface area contributed by atoms with Crippen LogP contribution in [0.25, 0.3) is 10.9 Å². The number of benzene rings is 1. The second-order valence-corrected chi connectivity index (χ2v) is 3.93. The van der Waals surface area contributed by atoms with Crippen molar-refractivity contribution in [2.75, 3.05) is 14.1 Å². The number of hydrogen-bond donors (Lipinski definition) is 0. The molecule has 0 aliphatic rings. The average Bonchev–Trinajstić information content (AvgIpc) is 2.26. The Bertz CT molecular complexity index is 532. The van der Waals surface area contributed by atoms with Crippen LogP contribution in [-0.4, -0.2) is 35.3 Å². The number of hydrogen-bond acceptors (Lipinski definition) is 3. The van der Waals surface area contributed by atoms with Gasteiger partial charge in [-0.25, -0.2) is 15.0 Å². The highest BCUT2D eigenvalue weighted by molar-refractivity contribution is 5.89. The molecule has 0 aliphatic heterocycles. The summed E-state index contributed by atoms with van der Waals surface area (Å²) in [5, 5.41) is 0.987. The van der Waals surface area contributed by atoms with Gasteiger partial charge in [0, 0.05) is 19.5 Å². The second-order valence-electron chi connectivity index (χ2n) is 3.93. The maximum absolute atomic E-state index is 4.32. The van der Waals surface area contributed by atoms with Gasteiger partial charge in [-0.1, -0.05) is 11.6 Å². The molecular formula is C12H14N4. The molecule has 4 heteroatoms. The summed E-state index contributed by atoms with van der Waals surface area (Å²) in [6.07, 6.45) is 3.28. The van der Waals surface area contributed by atoms with E-state index < -0.39 is 0 Å². The van der Waals surface area contributed by atoms with Crippen molar-refractivity contribution >= 4 is 23.1 Å². The van der Waals surface area contributed by atoms with E-state index in [0.717, 1.165) is 10.9 Å². The molecule has 0 bridgehead atoms. The monoisotopic (exact) mass is 214 g/mol. The Kier molecular flexibility index (Phi) is 2.81. The number of nitrogens with zero attached hydrogens (tertiary/aromatic N) is 4. The molecule has 0 N–H and O–H groups in total. The lowest BCUT2D eigenvalue weighted by atomic mass is 10.1. The van der Waals surface area contributed by atoms with Crippen molar-refractivity contribution in [3.8, 4) is 0 Å². The molecule has 0 spiro atoms. The Balaban J connectivity index is 2.56. The van der Waals surface area contributed by atoms with E-state index in [0.29, 0.717) is 5.82 Å². The first-order valence-electron chi connectivity index (χ1n) is 5.09. The smallest absolute Gasteiger partial charge is 0.164 e. The van der Waals surface area contributed by atoms with Crippen LogP contribution in [0.15, 0.2) is 29.5 Å². The second kappa shape index (κ2) is 4.26. The van der Waals surface area contributed by atoms with E-state index in [9.17, 15) is 0 Å². The fourth-order valence-corrected chi connectivity index (χ4v) is 1.43. The van der Waals surface area contributed by atoms with Gasteiger partial charge in [0.15, 0.2) is 5.82 Å². The van der Waals surface area contributed by atoms with Crippen molar-refractivity contribution < 1.29 is 0 Å². The van der Waals surface area contributed by atoms with Crippen molar-refractivity contribution in [2.45, 2.75) is 6.92 Å². The molecule has 4 nitrogen and oxygen atoms in total. The molecular weight excluding hydrogens is 200 g/mol. The topological polar surface area (TPSA) is 41.4 Å². The molecule has 0 aliphatic carbocycles. The SMILES string of the molecule is Cc1ccc2ncnc(N=CN(C)C)c2c1. The van der Waals surface area contributed by atoms with E-state index >= 15 is 0 Å². The van der Waals surface area contributed by atoms with Crippen LogP contribution in [0.2, 0.25) is 0 Å². The lowest BCUT2D eigenvalue weighted by molar-refractivity contribution is 0.643. The number of rotatable bonds is 2. The van der Waals surface area contributed by atoms with Crippen LogP contribution in [0, 0.1) is 6.92 Å². The van der Waals surface area contributed by atoms with E-state index in [-0.39, 0.29) is 0 Å². The Morgan fingerprint density at radius 2 is 2.06 bits per heavy atom. The molecule has 0 fully saturated rings. The van der Waals surface area contributed by atoms with Crippen molar-refractivity contribution in [3.05, 3.63) is 30.1 Å². The number of fused-ring (bicyclic) bond motifs is 1. The fourth-order valence-electron chi connectivity index (χ4n) is 1.43. The minimum absolute atomic E-state index is 0.711. The first kappa shape index (κ1) is 10.5. The highest BCUT2D eigenvalue weighted by Crippen LogP contribution is 2.22. The van der Waals surface area contributed by atoms with Crippen LogP contribution >= 0.6 is 0 Å². The first-order chi connectivity index (χ1) is 7.66. The molecule has 0 radical (unpaired) electrons. The molecule has 0 atom stereocenters. The fraction of sp³-hybridized carbons (Fsp3) is 0.250. The van der Waals surface area contributed by atoms with Gasteiger partial charge in [0.05, 0.1) is 11.9 Å². The third-order valence-electron chi connectivity index (χ3n) is 2.18. The van der Waals surface area contributed by atoms with Crippen molar-refractivity contribution in [2.24, 2.45) is 4.99 Å². The summed E-state index contributed by atoms with van der Waals surface area (Å²) in [7, 11) is 3.86. The van der Waals surface area contributed by atoms with E-state index in [1.165, 1.54) is 5.56 Å². The Hall–Kier alpha value is -1.97. The van der Waals surface area contributed by atoms with Crippen LogP contribution in [0.4, 0.5) is 5.82 Å². The third kappa shape index (κ3) is 2.16. The van der Waals surface area contributed by atoms with Crippen LogP contribution in [0.3, 0.4) is 0 Å². The predicted octanol–water partition coefficient (Wildman–Crippen LogP) is 2.16. The zero-order chi connectivity index (χ0) is 11.5. The summed E-state index contributed by atoms with van der Waals surface area (Å²) in [6.45, 7) is 2.05. The van der Waals surface area contributed by atoms with E-state index in [1.807, 2.05) is 38.1 Å². The maximum atomic E-state index is 4.32. The molecule has 0 saturated heterocycles. The minimum Gasteiger partial charge on any atom is -0.369 e. The van der Waals surface area contributed by atoms with Gasteiger partial charge in [-0.05, 0) is 19.1 Å². The number of aliphatic imine (C=N–C) groups is 1. The lowest BCUT2D eigenvalue weighted by Crippen LogP contribution is -2.07. The molecule has 0 saturated carbocycles. The zero-order valence-electron chi connectivity index (χ0n) is 9.68. The predicted molar refractivity (Wildman–Crippen MR) is 66.1 cm³/mol. The van der Waals surface area contributed by atoms with Gasteiger partial charge < -0.3 is 4.90 Å². The Morgan fingerprint density at radius 3 is 2.81 bits per heavy atom. The van der Waals surface area contributed by atoms with Crippen LogP contribution in [0.5, 0.6) is 0 Å². The van der Waals surface area contributed by atoms with Gasteiger partial charge in [0.25, 0.3) is 0 Å². The Labute approximate surface area is 94.7 Å². The van der Waals surface area contributed by atoms with Gasteiger partial charge in [0.1, 0.15) is 6.33 Å².